The van der Waals surface area contributed by atoms with Crippen LogP contribution in [-0.4, -0.2) is 34.8 Å². The fraction of sp³-hybridized carbons (Fsp3) is 0.161. The summed E-state index contributed by atoms with van der Waals surface area (Å²) in [6, 6.07) is 14.0. The molecule has 11 heteroatoms. The van der Waals surface area contributed by atoms with E-state index in [2.05, 4.69) is 11.6 Å². The molecule has 2 aromatic heterocycles. The number of halogens is 1. The summed E-state index contributed by atoms with van der Waals surface area (Å²) in [6.45, 7) is 7.59. The summed E-state index contributed by atoms with van der Waals surface area (Å²) in [6.07, 6.45) is 3.22. The Bertz CT molecular complexity index is 1920. The first-order valence-electron chi connectivity index (χ1n) is 12.9. The largest absolute Gasteiger partial charge is 0.490 e. The summed E-state index contributed by atoms with van der Waals surface area (Å²) >= 11 is 7.46. The molecule has 42 heavy (non-hydrogen) atoms. The third-order valence-electron chi connectivity index (χ3n) is 6.46. The number of hydrogen-bond donors (Lipinski definition) is 1. The van der Waals surface area contributed by atoms with Gasteiger partial charge in [-0.05, 0) is 61.9 Å². The molecule has 3 heterocycles. The van der Waals surface area contributed by atoms with Crippen molar-refractivity contribution in [3.05, 3.63) is 120 Å². The van der Waals surface area contributed by atoms with Crippen LogP contribution >= 0.6 is 22.9 Å². The van der Waals surface area contributed by atoms with Gasteiger partial charge in [-0.2, -0.15) is 0 Å². The Labute approximate surface area is 248 Å². The number of rotatable bonds is 9. The van der Waals surface area contributed by atoms with E-state index in [0.29, 0.717) is 55.1 Å². The van der Waals surface area contributed by atoms with Crippen molar-refractivity contribution in [3.8, 4) is 17.1 Å². The zero-order valence-corrected chi connectivity index (χ0v) is 24.2. The lowest BCUT2D eigenvalue weighted by atomic mass is 9.96. The maximum absolute atomic E-state index is 13.8. The second-order valence-electron chi connectivity index (χ2n) is 9.17. The number of fused-ring (bicyclic) bond motifs is 1. The number of esters is 1. The SMILES string of the molecule is C=CCOc1ccc([C@H]2C(C(=O)OCC)=C(C)N=c3s/c(=C\c4ccc(-c5cc(C(=O)O)ccc5Cl)o4)c(=O)n32)cc1. The average molecular weight is 605 g/mol. The standard InChI is InChI=1S/C31H25ClN2O7S/c1-4-14-40-20-9-6-18(7-10-20)27-26(30(38)39-5-2)17(3)33-31-34(27)28(35)25(42-31)16-21-11-13-24(41-21)22-15-19(29(36)37)8-12-23(22)32/h4,6-13,15-16,27H,1,5,14H2,2-3H3,(H,36,37)/b25-16-/t27-/m0/s1. The molecule has 1 atom stereocenters. The lowest BCUT2D eigenvalue weighted by Crippen LogP contribution is -2.39. The molecule has 0 saturated carbocycles. The number of hydrogen-bond acceptors (Lipinski definition) is 8. The molecule has 1 aliphatic heterocycles. The van der Waals surface area contributed by atoms with Gasteiger partial charge < -0.3 is 19.0 Å². The molecule has 0 aliphatic carbocycles. The zero-order chi connectivity index (χ0) is 30.0. The highest BCUT2D eigenvalue weighted by atomic mass is 35.5. The van der Waals surface area contributed by atoms with Crippen molar-refractivity contribution in [3.63, 3.8) is 0 Å². The Morgan fingerprint density at radius 1 is 1.19 bits per heavy atom. The molecule has 214 valence electrons. The van der Waals surface area contributed by atoms with Crippen LogP contribution < -0.4 is 19.6 Å². The fourth-order valence-electron chi connectivity index (χ4n) is 4.56. The van der Waals surface area contributed by atoms with Crippen LogP contribution in [0.2, 0.25) is 5.02 Å². The van der Waals surface area contributed by atoms with Crippen molar-refractivity contribution in [1.29, 1.82) is 0 Å². The minimum Gasteiger partial charge on any atom is -0.490 e. The van der Waals surface area contributed by atoms with Crippen LogP contribution in [0.1, 0.15) is 41.6 Å². The lowest BCUT2D eigenvalue weighted by molar-refractivity contribution is -0.139. The van der Waals surface area contributed by atoms with E-state index in [1.165, 1.54) is 22.8 Å². The molecule has 0 saturated heterocycles. The van der Waals surface area contributed by atoms with Crippen LogP contribution in [0.15, 0.2) is 92.7 Å². The molecule has 0 unspecified atom stereocenters. The van der Waals surface area contributed by atoms with Crippen molar-refractivity contribution in [1.82, 2.24) is 4.57 Å². The van der Waals surface area contributed by atoms with Crippen LogP contribution in [0.5, 0.6) is 5.75 Å². The maximum Gasteiger partial charge on any atom is 0.338 e. The van der Waals surface area contributed by atoms with Gasteiger partial charge in [-0.3, -0.25) is 9.36 Å². The van der Waals surface area contributed by atoms with Crippen LogP contribution in [0.25, 0.3) is 17.4 Å². The van der Waals surface area contributed by atoms with E-state index < -0.39 is 18.0 Å². The molecule has 2 aromatic carbocycles. The zero-order valence-electron chi connectivity index (χ0n) is 22.6. The third-order valence-corrected chi connectivity index (χ3v) is 7.77. The van der Waals surface area contributed by atoms with Gasteiger partial charge in [0.25, 0.3) is 5.56 Å². The predicted octanol–water partition coefficient (Wildman–Crippen LogP) is 4.97. The minimum absolute atomic E-state index is 0.0636. The summed E-state index contributed by atoms with van der Waals surface area (Å²) in [7, 11) is 0. The second kappa shape index (κ2) is 12.1. The van der Waals surface area contributed by atoms with Crippen molar-refractivity contribution in [2.75, 3.05) is 13.2 Å². The van der Waals surface area contributed by atoms with Crippen molar-refractivity contribution >= 4 is 41.0 Å². The molecule has 5 rings (SSSR count). The number of allylic oxidation sites excluding steroid dienone is 1. The Kier molecular flexibility index (Phi) is 8.28. The van der Waals surface area contributed by atoms with Crippen LogP contribution in [-0.2, 0) is 9.53 Å². The van der Waals surface area contributed by atoms with Crippen LogP contribution in [0.4, 0.5) is 0 Å². The first-order valence-corrected chi connectivity index (χ1v) is 14.1. The predicted molar refractivity (Wildman–Crippen MR) is 159 cm³/mol. The molecule has 0 spiro atoms. The van der Waals surface area contributed by atoms with E-state index in [0.717, 1.165) is 11.3 Å². The number of furan rings is 1. The van der Waals surface area contributed by atoms with Gasteiger partial charge >= 0.3 is 11.9 Å². The molecular formula is C31H25ClN2O7S. The Hall–Kier alpha value is -4.67. The number of ether oxygens (including phenoxy) is 2. The van der Waals surface area contributed by atoms with Crippen molar-refractivity contribution < 1.29 is 28.6 Å². The van der Waals surface area contributed by atoms with Gasteiger partial charge in [0.15, 0.2) is 4.80 Å². The number of aromatic nitrogens is 1. The molecule has 0 amide bonds. The fourth-order valence-corrected chi connectivity index (χ4v) is 5.80. The summed E-state index contributed by atoms with van der Waals surface area (Å²) in [5.74, 6) is -0.326. The highest BCUT2D eigenvalue weighted by Gasteiger charge is 2.33. The minimum atomic E-state index is -1.09. The van der Waals surface area contributed by atoms with Gasteiger partial charge in [-0.25, -0.2) is 14.6 Å². The van der Waals surface area contributed by atoms with E-state index >= 15 is 0 Å². The summed E-state index contributed by atoms with van der Waals surface area (Å²) in [5.41, 5.74) is 1.50. The van der Waals surface area contributed by atoms with Gasteiger partial charge in [0.1, 0.15) is 23.9 Å². The molecule has 0 fully saturated rings. The number of carboxylic acid groups (broad SMARTS) is 1. The smallest absolute Gasteiger partial charge is 0.338 e. The number of thiazole rings is 1. The second-order valence-corrected chi connectivity index (χ2v) is 10.6. The van der Waals surface area contributed by atoms with Crippen molar-refractivity contribution in [2.24, 2.45) is 4.99 Å². The first-order chi connectivity index (χ1) is 20.2. The third kappa shape index (κ3) is 5.59. The monoisotopic (exact) mass is 604 g/mol. The van der Waals surface area contributed by atoms with E-state index in [-0.39, 0.29) is 23.3 Å². The van der Waals surface area contributed by atoms with E-state index in [1.54, 1.807) is 62.4 Å². The molecule has 1 N–H and O–H groups in total. The maximum atomic E-state index is 13.8. The van der Waals surface area contributed by atoms with Crippen molar-refractivity contribution in [2.45, 2.75) is 19.9 Å². The quantitative estimate of drug-likeness (QED) is 0.211. The Balaban J connectivity index is 1.60. The number of aromatic carboxylic acids is 1. The molecule has 0 radical (unpaired) electrons. The molecule has 9 nitrogen and oxygen atoms in total. The number of nitrogens with zero attached hydrogens (tertiary/aromatic N) is 2. The normalized spacial score (nSPS) is 14.7. The molecule has 0 bridgehead atoms. The van der Waals surface area contributed by atoms with Gasteiger partial charge in [-0.15, -0.1) is 0 Å². The number of carbonyl (C=O) groups excluding carboxylic acids is 1. The average Bonchev–Trinajstić information content (AvgIpc) is 3.55. The molecule has 1 aliphatic rings. The van der Waals surface area contributed by atoms with E-state index in [1.807, 2.05) is 0 Å². The molecule has 4 aromatic rings. The Morgan fingerprint density at radius 3 is 2.64 bits per heavy atom. The van der Waals surface area contributed by atoms with Crippen LogP contribution in [0, 0.1) is 0 Å². The highest BCUT2D eigenvalue weighted by molar-refractivity contribution is 7.07. The number of benzene rings is 2. The van der Waals surface area contributed by atoms with Gasteiger partial charge in [0.05, 0.1) is 39.0 Å². The Morgan fingerprint density at radius 2 is 1.95 bits per heavy atom. The number of carbonyl (C=O) groups is 2. The molecular weight excluding hydrogens is 580 g/mol. The topological polar surface area (TPSA) is 120 Å². The van der Waals surface area contributed by atoms with Gasteiger partial charge in [-0.1, -0.05) is 47.7 Å². The number of carboxylic acids is 1. The summed E-state index contributed by atoms with van der Waals surface area (Å²) in [4.78, 5) is 43.3. The van der Waals surface area contributed by atoms with Crippen LogP contribution in [0.3, 0.4) is 0 Å². The van der Waals surface area contributed by atoms with Gasteiger partial charge in [0, 0.05) is 11.6 Å². The summed E-state index contributed by atoms with van der Waals surface area (Å²) in [5, 5.41) is 9.67. The van der Waals surface area contributed by atoms with E-state index in [4.69, 9.17) is 25.5 Å². The van der Waals surface area contributed by atoms with E-state index in [9.17, 15) is 19.5 Å². The van der Waals surface area contributed by atoms with Gasteiger partial charge in [0.2, 0.25) is 0 Å². The lowest BCUT2D eigenvalue weighted by Gasteiger charge is -2.24. The summed E-state index contributed by atoms with van der Waals surface area (Å²) < 4.78 is 18.7. The first kappa shape index (κ1) is 28.8. The highest BCUT2D eigenvalue weighted by Crippen LogP contribution is 2.32.